The van der Waals surface area contributed by atoms with E-state index >= 15 is 0 Å². The minimum Gasteiger partial charge on any atom is -0.444 e. The topological polar surface area (TPSA) is 365 Å². The third-order valence-corrected chi connectivity index (χ3v) is 20.8. The average molecular weight is 1760 g/mol. The predicted octanol–water partition coefficient (Wildman–Crippen LogP) is 16.1. The minimum absolute atomic E-state index is 0.0998. The number of amides is 6. The summed E-state index contributed by atoms with van der Waals surface area (Å²) < 4.78 is 87.7. The number of halogens is 6. The molecular formula is C87H88F6N18O10S3. The maximum atomic E-state index is 13.1. The van der Waals surface area contributed by atoms with Crippen molar-refractivity contribution >= 4 is 108 Å². The Morgan fingerprint density at radius 1 is 0.395 bits per heavy atom. The van der Waals surface area contributed by atoms with Gasteiger partial charge in [-0.1, -0.05) is 186 Å². The van der Waals surface area contributed by atoms with Gasteiger partial charge >= 0.3 is 18.7 Å². The molecule has 1 unspecified atom stereocenters. The van der Waals surface area contributed by atoms with Gasteiger partial charge < -0.3 is 40.8 Å². The van der Waals surface area contributed by atoms with E-state index in [1.807, 2.05) is 142 Å². The van der Waals surface area contributed by atoms with E-state index in [1.165, 1.54) is 63.2 Å². The first-order valence-corrected chi connectivity index (χ1v) is 42.0. The molecule has 646 valence electrons. The number of alkyl halides is 6. The quantitative estimate of drug-likeness (QED) is 0.0103. The van der Waals surface area contributed by atoms with Crippen LogP contribution in [0.1, 0.15) is 142 Å². The summed E-state index contributed by atoms with van der Waals surface area (Å²) in [6, 6.07) is 57.1. The predicted molar refractivity (Wildman–Crippen MR) is 456 cm³/mol. The molecular weight excluding hydrogens is 1670 g/mol. The van der Waals surface area contributed by atoms with Crippen LogP contribution in [-0.4, -0.2) is 122 Å². The van der Waals surface area contributed by atoms with Crippen molar-refractivity contribution in [3.8, 4) is 11.5 Å². The van der Waals surface area contributed by atoms with Gasteiger partial charge in [-0.15, -0.1) is 72.2 Å². The highest BCUT2D eigenvalue weighted by atomic mass is 32.1. The number of aryl methyl sites for hydroxylation is 7. The SMILES string of the molecule is CC(C(=O)Nc1nnc(CCCCc2ccc(NC(=O)Cc3cccc(OC(F)(F)F)c3)nn2)s1)c1ccccc1.CCCC(=O)OCN(C(=O)Cc1ccccc1)c1nnc(CCCCc2ccc(NC(=O)Cc3cccc(OC(F)(F)F)c3)nn2)s1.Cc1ccc(CC(=O)Nc2ccc(CCCCc3nnc(NC(=O)Cc4ccccc4)s3)nn2)cc1. The Hall–Kier alpha value is -13.3. The summed E-state index contributed by atoms with van der Waals surface area (Å²) in [6.07, 6.45) is 0.873. The van der Waals surface area contributed by atoms with Gasteiger partial charge in [0, 0.05) is 25.7 Å². The second kappa shape index (κ2) is 47.8. The van der Waals surface area contributed by atoms with Gasteiger partial charge in [-0.3, -0.25) is 38.5 Å². The van der Waals surface area contributed by atoms with E-state index in [9.17, 15) is 59.9 Å². The molecule has 6 aromatic carbocycles. The van der Waals surface area contributed by atoms with Crippen LogP contribution in [-0.2, 0) is 109 Å². The van der Waals surface area contributed by atoms with Crippen LogP contribution in [0.3, 0.4) is 0 Å². The number of esters is 1. The molecule has 0 spiro atoms. The average Bonchev–Trinajstić information content (AvgIpc) is 1.39. The lowest BCUT2D eigenvalue weighted by atomic mass is 10.0. The fourth-order valence-electron chi connectivity index (χ4n) is 11.8. The summed E-state index contributed by atoms with van der Waals surface area (Å²) in [5.41, 5.74) is 7.88. The molecule has 6 amide bonds. The molecule has 1 atom stereocenters. The molecule has 0 radical (unpaired) electrons. The molecule has 12 aromatic rings. The lowest BCUT2D eigenvalue weighted by Crippen LogP contribution is -2.35. The molecule has 0 aliphatic heterocycles. The van der Waals surface area contributed by atoms with E-state index in [-0.39, 0.29) is 73.6 Å². The zero-order valence-electron chi connectivity index (χ0n) is 67.7. The summed E-state index contributed by atoms with van der Waals surface area (Å²) >= 11 is 4.02. The number of anilines is 6. The highest BCUT2D eigenvalue weighted by Crippen LogP contribution is 2.29. The van der Waals surface area contributed by atoms with Crippen LogP contribution in [0.2, 0.25) is 0 Å². The first-order chi connectivity index (χ1) is 59.7. The summed E-state index contributed by atoms with van der Waals surface area (Å²) in [7, 11) is 0. The third-order valence-electron chi connectivity index (χ3n) is 18.0. The van der Waals surface area contributed by atoms with Crippen molar-refractivity contribution in [2.45, 2.75) is 161 Å². The van der Waals surface area contributed by atoms with Gasteiger partial charge in [-0.05, 0) is 172 Å². The number of carbonyl (C=O) groups excluding carboxylic acids is 7. The smallest absolute Gasteiger partial charge is 0.444 e. The first-order valence-electron chi connectivity index (χ1n) is 39.5. The van der Waals surface area contributed by atoms with Crippen molar-refractivity contribution in [3.63, 3.8) is 0 Å². The number of rotatable bonds is 39. The zero-order valence-corrected chi connectivity index (χ0v) is 70.1. The summed E-state index contributed by atoms with van der Waals surface area (Å²) in [4.78, 5) is 88.0. The largest absolute Gasteiger partial charge is 0.573 e. The summed E-state index contributed by atoms with van der Waals surface area (Å²) in [5.74, 6) is -2.10. The number of benzene rings is 6. The standard InChI is InChI=1S/C32H33F3N6O5S.C28H27F3N6O3S.C27H28N6O2S/c1-2-9-30(44)45-21-41(29(43)20-22-10-4-3-5-11-22)31-40-39-28(47-31)15-7-6-13-24-16-17-26(38-37-24)36-27(42)19-23-12-8-14-25(18-23)46-32(33,34)35;1-18(20-9-3-2-4-10-20)26(39)33-27-37-36-25(41-27)13-6-5-11-21-14-15-23(35-34-21)32-24(38)17-19-8-7-12-22(16-19)40-28(29,30)31;1-19-11-13-21(14-12-19)18-24(34)28-23-16-15-22(30-31-23)9-5-6-10-26-32-33-27(36-26)29-25(35)17-20-7-3-2-4-8-20/h3-5,8,10-12,14,16-18H,2,6-7,9,13,15,19-21H2,1H3,(H,36,38,42);2-4,7-10,12,14-16,18H,5-6,11,13,17H2,1H3,(H,32,35,38)(H,33,37,39);2-4,7-8,11-16H,5-6,9-10,17-18H2,1H3,(H,28,31,34)(H,29,33,35). The highest BCUT2D eigenvalue weighted by Gasteiger charge is 2.32. The Kier molecular flexibility index (Phi) is 35.8. The third kappa shape index (κ3) is 34.0. The van der Waals surface area contributed by atoms with Crippen LogP contribution < -0.4 is 41.0 Å². The number of hydrogen-bond acceptors (Lipinski definition) is 25. The van der Waals surface area contributed by atoms with Crippen molar-refractivity contribution in [1.82, 2.24) is 61.2 Å². The van der Waals surface area contributed by atoms with Gasteiger partial charge in [0.05, 0.1) is 55.1 Å². The normalized spacial score (nSPS) is 11.3. The van der Waals surface area contributed by atoms with Crippen molar-refractivity contribution in [2.24, 2.45) is 0 Å². The maximum Gasteiger partial charge on any atom is 0.573 e. The van der Waals surface area contributed by atoms with Crippen LogP contribution in [0, 0.1) is 6.92 Å². The molecule has 37 heteroatoms. The van der Waals surface area contributed by atoms with Crippen LogP contribution in [0.15, 0.2) is 200 Å². The molecule has 0 saturated heterocycles. The summed E-state index contributed by atoms with van der Waals surface area (Å²) in [6.45, 7) is 5.49. The monoisotopic (exact) mass is 1750 g/mol. The van der Waals surface area contributed by atoms with Gasteiger partial charge in [0.1, 0.15) is 26.5 Å². The molecule has 28 nitrogen and oxygen atoms in total. The maximum absolute atomic E-state index is 13.1. The van der Waals surface area contributed by atoms with Gasteiger partial charge in [0.2, 0.25) is 50.8 Å². The highest BCUT2D eigenvalue weighted by molar-refractivity contribution is 7.16. The molecule has 124 heavy (non-hydrogen) atoms. The van der Waals surface area contributed by atoms with Gasteiger partial charge in [0.25, 0.3) is 0 Å². The number of ether oxygens (including phenoxy) is 3. The number of aromatic nitrogens is 12. The van der Waals surface area contributed by atoms with Crippen molar-refractivity contribution in [1.29, 1.82) is 0 Å². The Morgan fingerprint density at radius 2 is 0.782 bits per heavy atom. The van der Waals surface area contributed by atoms with Crippen LogP contribution in [0.5, 0.6) is 11.5 Å². The lowest BCUT2D eigenvalue weighted by molar-refractivity contribution is -0.275. The summed E-state index contributed by atoms with van der Waals surface area (Å²) in [5, 5.41) is 67.0. The number of unbranched alkanes of at least 4 members (excludes halogenated alkanes) is 3. The Balaban J connectivity index is 0.000000196. The van der Waals surface area contributed by atoms with Gasteiger partial charge in [-0.25, -0.2) is 0 Å². The number of nitrogens with zero attached hydrogens (tertiary/aromatic N) is 13. The molecule has 0 saturated carbocycles. The van der Waals surface area contributed by atoms with Crippen LogP contribution >= 0.6 is 34.0 Å². The fraction of sp³-hybridized carbons (Fsp3) is 0.299. The van der Waals surface area contributed by atoms with E-state index in [0.29, 0.717) is 83.0 Å². The van der Waals surface area contributed by atoms with E-state index in [4.69, 9.17) is 4.74 Å². The van der Waals surface area contributed by atoms with Crippen molar-refractivity contribution in [3.05, 3.63) is 271 Å². The zero-order chi connectivity index (χ0) is 88.1. The second-order valence-electron chi connectivity index (χ2n) is 28.1. The number of nitrogens with one attached hydrogen (secondary N) is 5. The van der Waals surface area contributed by atoms with Crippen LogP contribution in [0.4, 0.5) is 59.2 Å². The lowest BCUT2D eigenvalue weighted by Gasteiger charge is -2.19. The number of carbonyl (C=O) groups is 7. The fourth-order valence-corrected chi connectivity index (χ4v) is 14.3. The Morgan fingerprint density at radius 3 is 1.22 bits per heavy atom. The van der Waals surface area contributed by atoms with Crippen molar-refractivity contribution < 1.29 is 74.1 Å². The van der Waals surface area contributed by atoms with E-state index in [2.05, 4.69) is 97.2 Å². The molecule has 5 N–H and O–H groups in total. The van der Waals surface area contributed by atoms with Gasteiger partial charge in [-0.2, -0.15) is 15.3 Å². The number of hydrogen-bond donors (Lipinski definition) is 5. The molecule has 0 bridgehead atoms. The first kappa shape index (κ1) is 93.0. The molecule has 6 heterocycles. The van der Waals surface area contributed by atoms with E-state index in [0.717, 1.165) is 130 Å². The van der Waals surface area contributed by atoms with E-state index in [1.54, 1.807) is 30.3 Å². The molecule has 6 aromatic heterocycles. The van der Waals surface area contributed by atoms with Gasteiger partial charge in [0.15, 0.2) is 24.2 Å². The minimum atomic E-state index is -4.82. The molecule has 0 aliphatic rings. The van der Waals surface area contributed by atoms with Crippen molar-refractivity contribution in [2.75, 3.05) is 38.2 Å². The van der Waals surface area contributed by atoms with E-state index < -0.39 is 42.0 Å². The Bertz CT molecular complexity index is 5400. The molecule has 0 fully saturated rings. The molecule has 12 rings (SSSR count). The molecule has 0 aliphatic carbocycles. The van der Waals surface area contributed by atoms with Crippen LogP contribution in [0.25, 0.3) is 0 Å². The Labute approximate surface area is 721 Å². The second-order valence-corrected chi connectivity index (χ2v) is 31.3.